The SMILES string of the molecule is CN(CC(=O)N1CCOCC1)S(=O)(=O)c1ccc2[nH]c3c(c2c1)CCCC3. The Kier molecular flexibility index (Phi) is 4.96. The molecular weight excluding hydrogens is 366 g/mol. The lowest BCUT2D eigenvalue weighted by molar-refractivity contribution is -0.135. The maximum absolute atomic E-state index is 13.0. The van der Waals surface area contributed by atoms with Gasteiger partial charge in [-0.05, 0) is 49.4 Å². The number of sulfonamides is 1. The van der Waals surface area contributed by atoms with Crippen molar-refractivity contribution in [2.75, 3.05) is 39.9 Å². The Bertz CT molecular complexity index is 961. The van der Waals surface area contributed by atoms with Crippen LogP contribution in [0, 0.1) is 0 Å². The van der Waals surface area contributed by atoms with Gasteiger partial charge in [-0.2, -0.15) is 4.31 Å². The maximum atomic E-state index is 13.0. The van der Waals surface area contributed by atoms with Crippen molar-refractivity contribution >= 4 is 26.8 Å². The van der Waals surface area contributed by atoms with Crippen molar-refractivity contribution in [3.63, 3.8) is 0 Å². The highest BCUT2D eigenvalue weighted by atomic mass is 32.2. The Morgan fingerprint density at radius 2 is 1.96 bits per heavy atom. The Hall–Kier alpha value is -1.90. The summed E-state index contributed by atoms with van der Waals surface area (Å²) < 4.78 is 32.4. The van der Waals surface area contributed by atoms with E-state index in [1.165, 1.54) is 18.3 Å². The number of aromatic amines is 1. The van der Waals surface area contributed by atoms with Crippen LogP contribution in [0.5, 0.6) is 0 Å². The number of aromatic nitrogens is 1. The molecular formula is C19H25N3O4S. The van der Waals surface area contributed by atoms with Gasteiger partial charge in [0.05, 0.1) is 24.7 Å². The van der Waals surface area contributed by atoms with Crippen molar-refractivity contribution < 1.29 is 17.9 Å². The van der Waals surface area contributed by atoms with E-state index >= 15 is 0 Å². The van der Waals surface area contributed by atoms with Crippen LogP contribution in [0.15, 0.2) is 23.1 Å². The summed E-state index contributed by atoms with van der Waals surface area (Å²) in [5.41, 5.74) is 3.44. The molecule has 1 N–H and O–H groups in total. The molecule has 146 valence electrons. The van der Waals surface area contributed by atoms with E-state index < -0.39 is 10.0 Å². The Labute approximate surface area is 159 Å². The number of benzene rings is 1. The second kappa shape index (κ2) is 7.26. The molecule has 2 aromatic rings. The van der Waals surface area contributed by atoms with Gasteiger partial charge in [0.15, 0.2) is 0 Å². The first-order valence-electron chi connectivity index (χ1n) is 9.42. The first-order valence-corrected chi connectivity index (χ1v) is 10.9. The van der Waals surface area contributed by atoms with E-state index in [-0.39, 0.29) is 17.3 Å². The number of carbonyl (C=O) groups excluding carboxylic acids is 1. The van der Waals surface area contributed by atoms with Gasteiger partial charge in [0.1, 0.15) is 0 Å². The van der Waals surface area contributed by atoms with Crippen LogP contribution in [0.4, 0.5) is 0 Å². The number of rotatable bonds is 4. The summed E-state index contributed by atoms with van der Waals surface area (Å²) in [5, 5.41) is 0.985. The number of nitrogens with zero attached hydrogens (tertiary/aromatic N) is 2. The van der Waals surface area contributed by atoms with E-state index in [0.29, 0.717) is 26.3 Å². The van der Waals surface area contributed by atoms with E-state index in [1.54, 1.807) is 17.0 Å². The summed E-state index contributed by atoms with van der Waals surface area (Å²) in [6.07, 6.45) is 4.28. The number of amides is 1. The minimum atomic E-state index is -3.73. The fraction of sp³-hybridized carbons (Fsp3) is 0.526. The molecule has 1 aromatic carbocycles. The predicted molar refractivity (Wildman–Crippen MR) is 102 cm³/mol. The van der Waals surface area contributed by atoms with Crippen LogP contribution in [0.3, 0.4) is 0 Å². The molecule has 0 spiro atoms. The van der Waals surface area contributed by atoms with E-state index in [9.17, 15) is 13.2 Å². The normalized spacial score (nSPS) is 18.1. The smallest absolute Gasteiger partial charge is 0.243 e. The number of fused-ring (bicyclic) bond motifs is 3. The number of ether oxygens (including phenoxy) is 1. The van der Waals surface area contributed by atoms with Crippen LogP contribution < -0.4 is 0 Å². The molecule has 8 heteroatoms. The Balaban J connectivity index is 1.58. The van der Waals surface area contributed by atoms with Gasteiger partial charge in [0.25, 0.3) is 0 Å². The molecule has 4 rings (SSSR count). The zero-order chi connectivity index (χ0) is 19.0. The standard InChI is InChI=1S/C19H25N3O4S/c1-21(13-19(23)22-8-10-26-11-9-22)27(24,25)14-6-7-18-16(12-14)15-4-2-3-5-17(15)20-18/h6-7,12,20H,2-5,8-11,13H2,1H3. The van der Waals surface area contributed by atoms with Crippen LogP contribution in [-0.2, 0) is 32.4 Å². The third-order valence-corrected chi connectivity index (χ3v) is 7.30. The first-order chi connectivity index (χ1) is 13.0. The highest BCUT2D eigenvalue weighted by Crippen LogP contribution is 2.31. The van der Waals surface area contributed by atoms with E-state index in [4.69, 9.17) is 4.74 Å². The second-order valence-electron chi connectivity index (χ2n) is 7.25. The molecule has 0 atom stereocenters. The topological polar surface area (TPSA) is 82.7 Å². The fourth-order valence-electron chi connectivity index (χ4n) is 3.91. The van der Waals surface area contributed by atoms with Gasteiger partial charge in [-0.15, -0.1) is 0 Å². The number of H-pyrrole nitrogens is 1. The predicted octanol–water partition coefficient (Wildman–Crippen LogP) is 1.53. The lowest BCUT2D eigenvalue weighted by atomic mass is 9.96. The molecule has 2 heterocycles. The van der Waals surface area contributed by atoms with Crippen molar-refractivity contribution in [1.82, 2.24) is 14.2 Å². The molecule has 27 heavy (non-hydrogen) atoms. The molecule has 2 aliphatic rings. The molecule has 7 nitrogen and oxygen atoms in total. The number of likely N-dealkylation sites (N-methyl/N-ethyl adjacent to an activating group) is 1. The third-order valence-electron chi connectivity index (χ3n) is 5.50. The highest BCUT2D eigenvalue weighted by molar-refractivity contribution is 7.89. The largest absolute Gasteiger partial charge is 0.378 e. The van der Waals surface area contributed by atoms with Crippen molar-refractivity contribution in [2.24, 2.45) is 0 Å². The molecule has 0 radical (unpaired) electrons. The van der Waals surface area contributed by atoms with Crippen LogP contribution in [0.1, 0.15) is 24.1 Å². The number of nitrogens with one attached hydrogen (secondary N) is 1. The van der Waals surface area contributed by atoms with Crippen molar-refractivity contribution in [2.45, 2.75) is 30.6 Å². The molecule has 1 fully saturated rings. The molecule has 1 aromatic heterocycles. The summed E-state index contributed by atoms with van der Waals surface area (Å²) in [5.74, 6) is -0.190. The third kappa shape index (κ3) is 3.49. The molecule has 0 unspecified atom stereocenters. The molecule has 0 saturated carbocycles. The van der Waals surface area contributed by atoms with Gasteiger partial charge in [-0.25, -0.2) is 8.42 Å². The summed E-state index contributed by atoms with van der Waals surface area (Å²) >= 11 is 0. The zero-order valence-corrected chi connectivity index (χ0v) is 16.3. The minimum Gasteiger partial charge on any atom is -0.378 e. The number of morpholine rings is 1. The molecule has 1 aliphatic heterocycles. The van der Waals surface area contributed by atoms with Crippen LogP contribution in [-0.4, -0.2) is 68.4 Å². The molecule has 1 amide bonds. The van der Waals surface area contributed by atoms with Crippen LogP contribution in [0.2, 0.25) is 0 Å². The summed E-state index contributed by atoms with van der Waals surface area (Å²) in [6, 6.07) is 5.20. The molecule has 1 saturated heterocycles. The van der Waals surface area contributed by atoms with Crippen molar-refractivity contribution in [3.8, 4) is 0 Å². The van der Waals surface area contributed by atoms with Gasteiger partial charge in [-0.3, -0.25) is 4.79 Å². The van der Waals surface area contributed by atoms with Crippen molar-refractivity contribution in [3.05, 3.63) is 29.5 Å². The van der Waals surface area contributed by atoms with Crippen LogP contribution in [0.25, 0.3) is 10.9 Å². The number of hydrogen-bond acceptors (Lipinski definition) is 4. The van der Waals surface area contributed by atoms with Gasteiger partial charge in [-0.1, -0.05) is 0 Å². The lowest BCUT2D eigenvalue weighted by Crippen LogP contribution is -2.46. The number of aryl methyl sites for hydroxylation is 2. The lowest BCUT2D eigenvalue weighted by Gasteiger charge is -2.28. The summed E-state index contributed by atoms with van der Waals surface area (Å²) in [6.45, 7) is 1.85. The van der Waals surface area contributed by atoms with Gasteiger partial charge in [0, 0.05) is 36.7 Å². The van der Waals surface area contributed by atoms with Crippen LogP contribution >= 0.6 is 0 Å². The van der Waals surface area contributed by atoms with E-state index in [0.717, 1.165) is 40.9 Å². The first kappa shape index (κ1) is 18.5. The van der Waals surface area contributed by atoms with Gasteiger partial charge < -0.3 is 14.6 Å². The Morgan fingerprint density at radius 1 is 1.22 bits per heavy atom. The Morgan fingerprint density at radius 3 is 2.74 bits per heavy atom. The number of hydrogen-bond donors (Lipinski definition) is 1. The summed E-state index contributed by atoms with van der Waals surface area (Å²) in [4.78, 5) is 17.7. The maximum Gasteiger partial charge on any atom is 0.243 e. The monoisotopic (exact) mass is 391 g/mol. The van der Waals surface area contributed by atoms with E-state index in [1.807, 2.05) is 6.07 Å². The fourth-order valence-corrected chi connectivity index (χ4v) is 5.06. The van der Waals surface area contributed by atoms with Gasteiger partial charge in [0.2, 0.25) is 15.9 Å². The average Bonchev–Trinajstić information content (AvgIpc) is 3.06. The van der Waals surface area contributed by atoms with Gasteiger partial charge >= 0.3 is 0 Å². The summed E-state index contributed by atoms with van der Waals surface area (Å²) in [7, 11) is -2.27. The second-order valence-corrected chi connectivity index (χ2v) is 9.30. The average molecular weight is 391 g/mol. The number of carbonyl (C=O) groups is 1. The van der Waals surface area contributed by atoms with E-state index in [2.05, 4.69) is 4.98 Å². The zero-order valence-electron chi connectivity index (χ0n) is 15.5. The highest BCUT2D eigenvalue weighted by Gasteiger charge is 2.27. The van der Waals surface area contributed by atoms with Crippen molar-refractivity contribution in [1.29, 1.82) is 0 Å². The molecule has 1 aliphatic carbocycles. The quantitative estimate of drug-likeness (QED) is 0.857. The minimum absolute atomic E-state index is 0.161. The molecule has 0 bridgehead atoms.